The van der Waals surface area contributed by atoms with Gasteiger partial charge in [-0.05, 0) is 62.0 Å². The lowest BCUT2D eigenvalue weighted by Gasteiger charge is -2.34. The third-order valence-corrected chi connectivity index (χ3v) is 9.73. The summed E-state index contributed by atoms with van der Waals surface area (Å²) < 4.78 is 22.3. The van der Waals surface area contributed by atoms with Crippen LogP contribution >= 0.6 is 0 Å². The summed E-state index contributed by atoms with van der Waals surface area (Å²) in [6.45, 7) is 10.6. The Morgan fingerprint density at radius 2 is 1.85 bits per heavy atom. The van der Waals surface area contributed by atoms with E-state index >= 15 is 0 Å². The Bertz CT molecular complexity index is 1480. The summed E-state index contributed by atoms with van der Waals surface area (Å²) in [6, 6.07) is 6.30. The number of para-hydroxylation sites is 1. The summed E-state index contributed by atoms with van der Waals surface area (Å²) in [7, 11) is 1.32. The van der Waals surface area contributed by atoms with Crippen molar-refractivity contribution in [3.8, 4) is 5.75 Å². The molecule has 0 bridgehead atoms. The van der Waals surface area contributed by atoms with Crippen LogP contribution in [0.1, 0.15) is 71.3 Å². The van der Waals surface area contributed by atoms with Crippen molar-refractivity contribution in [3.05, 3.63) is 40.2 Å². The van der Waals surface area contributed by atoms with Crippen LogP contribution in [0.4, 0.5) is 4.79 Å². The minimum Gasteiger partial charge on any atom is -0.491 e. The minimum atomic E-state index is -0.834. The number of nitrogens with zero attached hydrogens (tertiary/aromatic N) is 2. The molecule has 2 N–H and O–H groups in total. The molecule has 1 aliphatic carbocycles. The number of pyridine rings is 1. The zero-order valence-corrected chi connectivity index (χ0v) is 28.9. The number of nitrogens with one attached hydrogen (secondary N) is 2. The molecule has 3 fully saturated rings. The van der Waals surface area contributed by atoms with E-state index in [1.165, 1.54) is 12.0 Å². The highest BCUT2D eigenvalue weighted by atomic mass is 16.6. The number of hydrogen-bond acceptors (Lipinski definition) is 9. The van der Waals surface area contributed by atoms with Crippen molar-refractivity contribution >= 4 is 28.9 Å². The highest BCUT2D eigenvalue weighted by Crippen LogP contribution is 2.38. The van der Waals surface area contributed by atoms with Crippen molar-refractivity contribution in [2.24, 2.45) is 11.3 Å². The number of fused-ring (bicyclic) bond motifs is 1. The maximum absolute atomic E-state index is 13.5. The molecule has 0 spiro atoms. The number of hydrogen-bond donors (Lipinski definition) is 2. The molecule has 12 heteroatoms. The number of likely N-dealkylation sites (tertiary alicyclic amines) is 1. The molecule has 4 unspecified atom stereocenters. The second-order valence-electron chi connectivity index (χ2n) is 14.3. The van der Waals surface area contributed by atoms with Gasteiger partial charge in [0.2, 0.25) is 5.91 Å². The lowest BCUT2D eigenvalue weighted by Crippen LogP contribution is -2.57. The van der Waals surface area contributed by atoms with Crippen molar-refractivity contribution in [1.82, 2.24) is 20.1 Å². The Labute approximate surface area is 282 Å². The van der Waals surface area contributed by atoms with Gasteiger partial charge in [0.15, 0.2) is 0 Å². The third-order valence-electron chi connectivity index (χ3n) is 9.73. The van der Waals surface area contributed by atoms with Crippen LogP contribution < -0.4 is 15.6 Å². The van der Waals surface area contributed by atoms with Crippen molar-refractivity contribution in [1.29, 1.82) is 0 Å². The molecule has 1 saturated carbocycles. The third kappa shape index (κ3) is 9.07. The molecule has 2 aliphatic heterocycles. The van der Waals surface area contributed by atoms with Gasteiger partial charge >= 0.3 is 12.1 Å². The SMILES string of the molecule is COC(=O)C1CCCN1C(=O)C(NC(=O)OC1CC1CCCCCc1c(OCCN2CCOCC2)c2ccccc2[nH]c1=O)C(C)(C)C. The van der Waals surface area contributed by atoms with Crippen LogP contribution in [0, 0.1) is 11.3 Å². The average Bonchev–Trinajstić information content (AvgIpc) is 3.60. The molecule has 4 atom stereocenters. The maximum Gasteiger partial charge on any atom is 0.408 e. The molecule has 0 radical (unpaired) electrons. The summed E-state index contributed by atoms with van der Waals surface area (Å²) in [5, 5.41) is 3.72. The molecule has 3 aliphatic rings. The number of H-pyrrole nitrogens is 1. The number of esters is 1. The zero-order chi connectivity index (χ0) is 34.3. The largest absolute Gasteiger partial charge is 0.491 e. The molecule has 12 nitrogen and oxygen atoms in total. The van der Waals surface area contributed by atoms with Crippen LogP contribution in [0.15, 0.2) is 29.1 Å². The topological polar surface area (TPSA) is 140 Å². The van der Waals surface area contributed by atoms with E-state index in [0.717, 1.165) is 75.9 Å². The molecule has 2 amide bonds. The molecular formula is C36H52N4O8. The molecule has 264 valence electrons. The van der Waals surface area contributed by atoms with Gasteiger partial charge in [0.05, 0.1) is 31.4 Å². The quantitative estimate of drug-likeness (QED) is 0.226. The van der Waals surface area contributed by atoms with Crippen LogP contribution in [-0.2, 0) is 30.2 Å². The molecule has 2 saturated heterocycles. The van der Waals surface area contributed by atoms with E-state index in [2.05, 4.69) is 15.2 Å². The molecule has 3 heterocycles. The van der Waals surface area contributed by atoms with E-state index in [4.69, 9.17) is 18.9 Å². The number of aromatic amines is 1. The molecular weight excluding hydrogens is 616 g/mol. The Morgan fingerprint density at radius 1 is 1.08 bits per heavy atom. The van der Waals surface area contributed by atoms with E-state index in [1.54, 1.807) is 0 Å². The van der Waals surface area contributed by atoms with E-state index < -0.39 is 29.6 Å². The molecule has 2 aromatic rings. The first-order chi connectivity index (χ1) is 23.1. The molecule has 1 aromatic carbocycles. The maximum atomic E-state index is 13.5. The normalized spacial score (nSPS) is 21.9. The van der Waals surface area contributed by atoms with E-state index in [9.17, 15) is 19.2 Å². The van der Waals surface area contributed by atoms with Crippen LogP contribution in [0.2, 0.25) is 0 Å². The Hall–Kier alpha value is -3.64. The number of morpholine rings is 1. The fourth-order valence-electron chi connectivity index (χ4n) is 6.82. The molecule has 1 aromatic heterocycles. The Morgan fingerprint density at radius 3 is 2.60 bits per heavy atom. The number of rotatable bonds is 14. The van der Waals surface area contributed by atoms with Gasteiger partial charge in [-0.1, -0.05) is 45.7 Å². The number of unbranched alkanes of at least 4 members (excludes halogenated alkanes) is 2. The van der Waals surface area contributed by atoms with Crippen LogP contribution in [0.5, 0.6) is 5.75 Å². The monoisotopic (exact) mass is 668 g/mol. The fourth-order valence-corrected chi connectivity index (χ4v) is 6.82. The lowest BCUT2D eigenvalue weighted by atomic mass is 9.85. The molecule has 5 rings (SSSR count). The highest BCUT2D eigenvalue weighted by Gasteiger charge is 2.44. The standard InChI is InChI=1S/C36H52N4O8/c1-36(2,3)31(33(42)40-16-10-15-28(40)34(43)45-4)38-35(44)48-29-23-24(29)11-6-5-7-13-26-30(47-22-19-39-17-20-46-21-18-39)25-12-8-9-14-27(25)37-32(26)41/h8-9,12,14,24,28-29,31H,5-7,10-11,13,15-23H2,1-4H3,(H,37,41)(H,38,44). The number of ether oxygens (including phenoxy) is 4. The smallest absolute Gasteiger partial charge is 0.408 e. The number of amides is 2. The Balaban J connectivity index is 1.07. The van der Waals surface area contributed by atoms with Crippen LogP contribution in [0.25, 0.3) is 10.9 Å². The van der Waals surface area contributed by atoms with Gasteiger partial charge in [0, 0.05) is 31.6 Å². The van der Waals surface area contributed by atoms with E-state index in [1.807, 2.05) is 45.0 Å². The van der Waals surface area contributed by atoms with Gasteiger partial charge in [-0.15, -0.1) is 0 Å². The minimum absolute atomic E-state index is 0.102. The number of alkyl carbamates (subject to hydrolysis) is 1. The lowest BCUT2D eigenvalue weighted by molar-refractivity contribution is -0.152. The number of methoxy groups -OCH3 is 1. The van der Waals surface area contributed by atoms with Crippen molar-refractivity contribution in [3.63, 3.8) is 0 Å². The Kier molecular flexibility index (Phi) is 12.0. The zero-order valence-electron chi connectivity index (χ0n) is 28.9. The van der Waals surface area contributed by atoms with Gasteiger partial charge in [0.1, 0.15) is 30.5 Å². The first-order valence-electron chi connectivity index (χ1n) is 17.5. The summed E-state index contributed by atoms with van der Waals surface area (Å²) in [5.74, 6) is 0.233. The van der Waals surface area contributed by atoms with Crippen LogP contribution in [-0.4, -0.2) is 104 Å². The summed E-state index contributed by atoms with van der Waals surface area (Å²) >= 11 is 0. The predicted octanol–water partition coefficient (Wildman–Crippen LogP) is 4.04. The summed E-state index contributed by atoms with van der Waals surface area (Å²) in [6.07, 6.45) is 5.55. The first kappa shape index (κ1) is 35.7. The summed E-state index contributed by atoms with van der Waals surface area (Å²) in [4.78, 5) is 58.5. The highest BCUT2D eigenvalue weighted by molar-refractivity contribution is 5.91. The first-order valence-corrected chi connectivity index (χ1v) is 17.5. The van der Waals surface area contributed by atoms with Gasteiger partial charge in [0.25, 0.3) is 5.56 Å². The average molecular weight is 669 g/mol. The van der Waals surface area contributed by atoms with Gasteiger partial charge in [-0.25, -0.2) is 9.59 Å². The number of carbonyl (C=O) groups excluding carboxylic acids is 3. The van der Waals surface area contributed by atoms with Gasteiger partial charge in [-0.2, -0.15) is 0 Å². The fraction of sp³-hybridized carbons (Fsp3) is 0.667. The van der Waals surface area contributed by atoms with E-state index in [-0.39, 0.29) is 23.5 Å². The number of benzene rings is 1. The predicted molar refractivity (Wildman–Crippen MR) is 181 cm³/mol. The summed E-state index contributed by atoms with van der Waals surface area (Å²) in [5.41, 5.74) is 0.781. The second kappa shape index (κ2) is 16.2. The van der Waals surface area contributed by atoms with Crippen molar-refractivity contribution < 1.29 is 33.3 Å². The van der Waals surface area contributed by atoms with Crippen molar-refractivity contribution in [2.45, 2.75) is 90.3 Å². The molecule has 48 heavy (non-hydrogen) atoms. The van der Waals surface area contributed by atoms with Crippen LogP contribution in [0.3, 0.4) is 0 Å². The number of carbonyl (C=O) groups is 3. The second-order valence-corrected chi connectivity index (χ2v) is 14.3. The van der Waals surface area contributed by atoms with E-state index in [0.29, 0.717) is 43.7 Å². The van der Waals surface area contributed by atoms with Crippen molar-refractivity contribution in [2.75, 3.05) is 53.1 Å². The van der Waals surface area contributed by atoms with Gasteiger partial charge in [-0.3, -0.25) is 14.5 Å². The van der Waals surface area contributed by atoms with Gasteiger partial charge < -0.3 is 34.1 Å². The number of aromatic nitrogens is 1.